The first kappa shape index (κ1) is 17.2. The van der Waals surface area contributed by atoms with Gasteiger partial charge in [0.05, 0.1) is 23.8 Å². The Morgan fingerprint density at radius 3 is 2.92 bits per heavy atom. The van der Waals surface area contributed by atoms with Crippen LogP contribution in [-0.4, -0.2) is 34.9 Å². The number of hydrogen-bond donors (Lipinski definition) is 0. The number of anilines is 1. The summed E-state index contributed by atoms with van der Waals surface area (Å²) in [4.78, 5) is 21.4. The van der Waals surface area contributed by atoms with E-state index >= 15 is 0 Å². The van der Waals surface area contributed by atoms with Crippen molar-refractivity contribution >= 4 is 40.3 Å². The van der Waals surface area contributed by atoms with Crippen molar-refractivity contribution in [3.63, 3.8) is 0 Å². The number of ether oxygens (including phenoxy) is 1. The lowest BCUT2D eigenvalue weighted by molar-refractivity contribution is -0.120. The predicted octanol–water partition coefficient (Wildman–Crippen LogP) is 4.20. The quantitative estimate of drug-likeness (QED) is 0.739. The first-order valence-corrected chi connectivity index (χ1v) is 10.5. The minimum absolute atomic E-state index is 0.0430. The molecule has 0 aromatic heterocycles. The second kappa shape index (κ2) is 6.18. The minimum Gasteiger partial charge on any atom is -0.370 e. The molecule has 132 valence electrons. The lowest BCUT2D eigenvalue weighted by atomic mass is 9.86. The Morgan fingerprint density at radius 2 is 2.20 bits per heavy atom. The number of hydrogen-bond acceptors (Lipinski definition) is 5. The number of fused-ring (bicyclic) bond motifs is 2. The standard InChI is InChI=1S/C19H22N2O2S2/c1-11-6-5-7-12(8-11)21-17(22)15-13-9-19(2,3)23-10-14(13)25-16(15)20-18(21)24-4/h5-8,15-16H,9-10H2,1-4H3. The molecule has 0 radical (unpaired) electrons. The second-order valence-electron chi connectivity index (χ2n) is 7.29. The zero-order chi connectivity index (χ0) is 17.8. The van der Waals surface area contributed by atoms with Crippen LogP contribution in [0, 0.1) is 12.8 Å². The van der Waals surface area contributed by atoms with Gasteiger partial charge in [0.15, 0.2) is 5.17 Å². The molecule has 0 fully saturated rings. The minimum atomic E-state index is -0.216. The molecule has 3 aliphatic rings. The molecule has 0 aliphatic carbocycles. The summed E-state index contributed by atoms with van der Waals surface area (Å²) in [5, 5.41) is 0.739. The Hall–Kier alpha value is -1.24. The molecule has 0 spiro atoms. The molecule has 4 rings (SSSR count). The van der Waals surface area contributed by atoms with Gasteiger partial charge < -0.3 is 4.74 Å². The highest BCUT2D eigenvalue weighted by molar-refractivity contribution is 8.13. The molecule has 6 heteroatoms. The van der Waals surface area contributed by atoms with Gasteiger partial charge in [-0.15, -0.1) is 0 Å². The zero-order valence-electron chi connectivity index (χ0n) is 14.9. The van der Waals surface area contributed by atoms with Crippen molar-refractivity contribution < 1.29 is 9.53 Å². The van der Waals surface area contributed by atoms with Crippen LogP contribution < -0.4 is 4.90 Å². The van der Waals surface area contributed by atoms with Gasteiger partial charge in [-0.2, -0.15) is 0 Å². The Balaban J connectivity index is 1.76. The summed E-state index contributed by atoms with van der Waals surface area (Å²) in [6.45, 7) is 6.83. The van der Waals surface area contributed by atoms with Crippen molar-refractivity contribution in [3.8, 4) is 0 Å². The number of rotatable bonds is 1. The van der Waals surface area contributed by atoms with Gasteiger partial charge >= 0.3 is 0 Å². The van der Waals surface area contributed by atoms with Crippen LogP contribution in [0.2, 0.25) is 0 Å². The molecule has 4 nitrogen and oxygen atoms in total. The molecular weight excluding hydrogens is 352 g/mol. The fraction of sp³-hybridized carbons (Fsp3) is 0.474. The van der Waals surface area contributed by atoms with Gasteiger partial charge in [-0.1, -0.05) is 35.7 Å². The van der Waals surface area contributed by atoms with Gasteiger partial charge in [0.25, 0.3) is 0 Å². The topological polar surface area (TPSA) is 41.9 Å². The number of thioether (sulfide) groups is 2. The van der Waals surface area contributed by atoms with Gasteiger partial charge in [-0.3, -0.25) is 9.69 Å². The highest BCUT2D eigenvalue weighted by Crippen LogP contribution is 2.51. The van der Waals surface area contributed by atoms with Crippen LogP contribution in [0.1, 0.15) is 25.8 Å². The Morgan fingerprint density at radius 1 is 1.40 bits per heavy atom. The van der Waals surface area contributed by atoms with Crippen LogP contribution in [0.5, 0.6) is 0 Å². The Bertz CT molecular complexity index is 800. The molecule has 0 bridgehead atoms. The first-order valence-electron chi connectivity index (χ1n) is 8.44. The molecule has 1 amide bonds. The van der Waals surface area contributed by atoms with Gasteiger partial charge in [-0.25, -0.2) is 4.99 Å². The second-order valence-corrected chi connectivity index (χ2v) is 9.27. The van der Waals surface area contributed by atoms with E-state index in [1.165, 1.54) is 22.2 Å². The lowest BCUT2D eigenvalue weighted by Gasteiger charge is -2.36. The molecule has 2 unspecified atom stereocenters. The van der Waals surface area contributed by atoms with E-state index in [2.05, 4.69) is 19.9 Å². The average Bonchev–Trinajstić information content (AvgIpc) is 2.91. The maximum atomic E-state index is 13.5. The van der Waals surface area contributed by atoms with E-state index in [1.807, 2.05) is 31.4 Å². The number of amidine groups is 1. The average molecular weight is 375 g/mol. The fourth-order valence-corrected chi connectivity index (χ4v) is 5.66. The molecule has 3 heterocycles. The largest absolute Gasteiger partial charge is 0.370 e. The molecule has 2 atom stereocenters. The SMILES string of the molecule is CSC1=NC2SC3=C(CC(C)(C)OC3)C2C(=O)N1c1cccc(C)c1. The Kier molecular flexibility index (Phi) is 4.25. The number of aliphatic imine (C=N–C) groups is 1. The van der Waals surface area contributed by atoms with Gasteiger partial charge in [0.1, 0.15) is 5.37 Å². The number of carbonyl (C=O) groups excluding carboxylic acids is 1. The molecular formula is C19H22N2O2S2. The van der Waals surface area contributed by atoms with Gasteiger partial charge in [0, 0.05) is 4.91 Å². The molecule has 0 saturated heterocycles. The lowest BCUT2D eigenvalue weighted by Crippen LogP contribution is -2.47. The van der Waals surface area contributed by atoms with E-state index in [-0.39, 0.29) is 22.8 Å². The summed E-state index contributed by atoms with van der Waals surface area (Å²) in [6.07, 6.45) is 2.78. The molecule has 3 aliphatic heterocycles. The zero-order valence-corrected chi connectivity index (χ0v) is 16.5. The smallest absolute Gasteiger partial charge is 0.243 e. The predicted molar refractivity (Wildman–Crippen MR) is 106 cm³/mol. The summed E-state index contributed by atoms with van der Waals surface area (Å²) >= 11 is 3.24. The van der Waals surface area contributed by atoms with Gasteiger partial charge in [-0.05, 0) is 56.7 Å². The summed E-state index contributed by atoms with van der Waals surface area (Å²) < 4.78 is 5.94. The molecule has 25 heavy (non-hydrogen) atoms. The maximum Gasteiger partial charge on any atom is 0.243 e. The fourth-order valence-electron chi connectivity index (χ4n) is 3.66. The van der Waals surface area contributed by atoms with E-state index in [0.717, 1.165) is 22.8 Å². The van der Waals surface area contributed by atoms with Crippen molar-refractivity contribution in [2.24, 2.45) is 10.9 Å². The van der Waals surface area contributed by atoms with Crippen molar-refractivity contribution in [3.05, 3.63) is 40.3 Å². The monoisotopic (exact) mass is 374 g/mol. The van der Waals surface area contributed by atoms with Crippen LogP contribution in [0.3, 0.4) is 0 Å². The number of aryl methyl sites for hydroxylation is 1. The van der Waals surface area contributed by atoms with Gasteiger partial charge in [0.2, 0.25) is 5.91 Å². The third-order valence-corrected chi connectivity index (χ3v) is 6.79. The van der Waals surface area contributed by atoms with E-state index < -0.39 is 0 Å². The summed E-state index contributed by atoms with van der Waals surface area (Å²) in [6, 6.07) is 8.08. The van der Waals surface area contributed by atoms with Crippen LogP contribution in [0.25, 0.3) is 0 Å². The highest BCUT2D eigenvalue weighted by Gasteiger charge is 2.49. The third kappa shape index (κ3) is 2.94. The van der Waals surface area contributed by atoms with E-state index in [4.69, 9.17) is 9.73 Å². The summed E-state index contributed by atoms with van der Waals surface area (Å²) in [5.41, 5.74) is 3.06. The van der Waals surface area contributed by atoms with Crippen LogP contribution in [-0.2, 0) is 9.53 Å². The molecule has 0 N–H and O–H groups in total. The molecule has 0 saturated carbocycles. The van der Waals surface area contributed by atoms with E-state index in [0.29, 0.717) is 6.61 Å². The van der Waals surface area contributed by atoms with Crippen molar-refractivity contribution in [2.45, 2.75) is 38.2 Å². The van der Waals surface area contributed by atoms with E-state index in [9.17, 15) is 4.79 Å². The normalized spacial score (nSPS) is 27.9. The number of nitrogens with zero attached hydrogens (tertiary/aromatic N) is 2. The number of benzene rings is 1. The molecule has 1 aromatic rings. The molecule has 1 aromatic carbocycles. The Labute approximate surface area is 157 Å². The van der Waals surface area contributed by atoms with Crippen LogP contribution in [0.15, 0.2) is 39.7 Å². The number of carbonyl (C=O) groups is 1. The summed E-state index contributed by atoms with van der Waals surface area (Å²) in [7, 11) is 0. The number of amides is 1. The maximum absolute atomic E-state index is 13.5. The van der Waals surface area contributed by atoms with Crippen LogP contribution in [0.4, 0.5) is 5.69 Å². The van der Waals surface area contributed by atoms with Crippen molar-refractivity contribution in [1.82, 2.24) is 0 Å². The van der Waals surface area contributed by atoms with Crippen molar-refractivity contribution in [1.29, 1.82) is 0 Å². The first-order chi connectivity index (χ1) is 11.9. The summed E-state index contributed by atoms with van der Waals surface area (Å²) in [5.74, 6) is -0.0234. The van der Waals surface area contributed by atoms with Crippen LogP contribution >= 0.6 is 23.5 Å². The highest BCUT2D eigenvalue weighted by atomic mass is 32.2. The van der Waals surface area contributed by atoms with E-state index in [1.54, 1.807) is 16.7 Å². The third-order valence-electron chi connectivity index (χ3n) is 4.85. The van der Waals surface area contributed by atoms with Crippen molar-refractivity contribution in [2.75, 3.05) is 17.8 Å².